The molecule has 0 aromatic heterocycles. The monoisotopic (exact) mass is 242 g/mol. The number of methoxy groups -OCH3 is 1. The van der Waals surface area contributed by atoms with E-state index in [1.807, 2.05) is 11.9 Å². The number of carboxylic acids is 1. The molecule has 2 atom stereocenters. The number of carboxylic acid groups (broad SMARTS) is 1. The fraction of sp³-hybridized carbons (Fsp3) is 0.818. The molecule has 0 amide bonds. The summed E-state index contributed by atoms with van der Waals surface area (Å²) in [6, 6.07) is 0. The van der Waals surface area contributed by atoms with Gasteiger partial charge < -0.3 is 14.7 Å². The number of esters is 1. The second-order valence-electron chi connectivity index (χ2n) is 5.10. The quantitative estimate of drug-likeness (QED) is 0.647. The minimum absolute atomic E-state index is 0.00103. The first-order valence-corrected chi connectivity index (χ1v) is 5.69. The number of likely N-dealkylation sites (tertiary alicyclic amines) is 2. The van der Waals surface area contributed by atoms with E-state index in [4.69, 9.17) is 9.84 Å². The maximum atomic E-state index is 12.0. The first kappa shape index (κ1) is 12.3. The van der Waals surface area contributed by atoms with Crippen molar-refractivity contribution in [2.24, 2.45) is 11.3 Å². The van der Waals surface area contributed by atoms with Crippen molar-refractivity contribution < 1.29 is 19.4 Å². The lowest BCUT2D eigenvalue weighted by atomic mass is 9.81. The van der Waals surface area contributed by atoms with E-state index < -0.39 is 11.4 Å². The maximum absolute atomic E-state index is 12.0. The molecule has 2 fully saturated rings. The van der Waals surface area contributed by atoms with Gasteiger partial charge in [0.1, 0.15) is 0 Å². The van der Waals surface area contributed by atoms with Crippen LogP contribution in [-0.2, 0) is 14.3 Å². The van der Waals surface area contributed by atoms with Gasteiger partial charge in [-0.3, -0.25) is 14.5 Å². The Morgan fingerprint density at radius 1 is 1.41 bits per heavy atom. The van der Waals surface area contributed by atoms with Gasteiger partial charge in [0.2, 0.25) is 0 Å². The van der Waals surface area contributed by atoms with Crippen LogP contribution in [0.2, 0.25) is 0 Å². The average Bonchev–Trinajstić information content (AvgIpc) is 2.68. The van der Waals surface area contributed by atoms with Crippen molar-refractivity contribution in [1.29, 1.82) is 0 Å². The van der Waals surface area contributed by atoms with E-state index in [0.717, 1.165) is 6.54 Å². The molecule has 2 saturated heterocycles. The van der Waals surface area contributed by atoms with Crippen LogP contribution in [0.4, 0.5) is 0 Å². The third-order valence-electron chi connectivity index (χ3n) is 3.80. The number of ether oxygens (including phenoxy) is 1. The highest BCUT2D eigenvalue weighted by Gasteiger charge is 2.57. The van der Waals surface area contributed by atoms with Crippen LogP contribution < -0.4 is 0 Å². The molecule has 0 aliphatic carbocycles. The minimum atomic E-state index is -0.849. The molecule has 1 N–H and O–H groups in total. The van der Waals surface area contributed by atoms with E-state index in [0.29, 0.717) is 19.6 Å². The summed E-state index contributed by atoms with van der Waals surface area (Å²) >= 11 is 0. The SMILES string of the molecule is COC(=O)[C@@]12CN(C)C[C@@H]1CN(CC(=O)O)C2. The number of hydrogen-bond acceptors (Lipinski definition) is 5. The molecule has 0 aromatic rings. The lowest BCUT2D eigenvalue weighted by Gasteiger charge is -2.25. The van der Waals surface area contributed by atoms with E-state index in [1.54, 1.807) is 0 Å². The first-order chi connectivity index (χ1) is 7.98. The number of carbonyl (C=O) groups is 2. The van der Waals surface area contributed by atoms with E-state index in [2.05, 4.69) is 4.90 Å². The molecule has 0 saturated carbocycles. The third kappa shape index (κ3) is 2.02. The Kier molecular flexibility index (Phi) is 3.09. The first-order valence-electron chi connectivity index (χ1n) is 5.69. The van der Waals surface area contributed by atoms with Crippen molar-refractivity contribution in [3.63, 3.8) is 0 Å². The third-order valence-corrected chi connectivity index (χ3v) is 3.80. The largest absolute Gasteiger partial charge is 0.480 e. The maximum Gasteiger partial charge on any atom is 0.317 e. The molecule has 0 radical (unpaired) electrons. The molecule has 0 aromatic carbocycles. The number of aliphatic carboxylic acids is 1. The Hall–Kier alpha value is -1.14. The topological polar surface area (TPSA) is 70.1 Å². The Balaban J connectivity index is 2.15. The molecular weight excluding hydrogens is 224 g/mol. The summed E-state index contributed by atoms with van der Waals surface area (Å²) in [5, 5.41) is 8.80. The van der Waals surface area contributed by atoms with Gasteiger partial charge >= 0.3 is 11.9 Å². The molecular formula is C11H18N2O4. The summed E-state index contributed by atoms with van der Waals surface area (Å²) in [7, 11) is 3.37. The summed E-state index contributed by atoms with van der Waals surface area (Å²) in [6.45, 7) is 2.62. The van der Waals surface area contributed by atoms with Crippen molar-refractivity contribution in [3.8, 4) is 0 Å². The van der Waals surface area contributed by atoms with Gasteiger partial charge in [-0.25, -0.2) is 0 Å². The van der Waals surface area contributed by atoms with Crippen LogP contribution >= 0.6 is 0 Å². The molecule has 0 unspecified atom stereocenters. The molecule has 0 bridgehead atoms. The highest BCUT2D eigenvalue weighted by Crippen LogP contribution is 2.42. The van der Waals surface area contributed by atoms with Crippen molar-refractivity contribution >= 4 is 11.9 Å². The number of hydrogen-bond donors (Lipinski definition) is 1. The Bertz CT molecular complexity index is 346. The summed E-state index contributed by atoms with van der Waals surface area (Å²) in [5.74, 6) is -0.877. The molecule has 6 nitrogen and oxygen atoms in total. The van der Waals surface area contributed by atoms with Crippen LogP contribution in [0.1, 0.15) is 0 Å². The lowest BCUT2D eigenvalue weighted by molar-refractivity contribution is -0.153. The van der Waals surface area contributed by atoms with Crippen molar-refractivity contribution in [3.05, 3.63) is 0 Å². The van der Waals surface area contributed by atoms with Gasteiger partial charge in [-0.1, -0.05) is 0 Å². The number of nitrogens with zero attached hydrogens (tertiary/aromatic N) is 2. The molecule has 2 heterocycles. The van der Waals surface area contributed by atoms with Crippen molar-refractivity contribution in [2.75, 3.05) is 46.9 Å². The average molecular weight is 242 g/mol. The second-order valence-corrected chi connectivity index (χ2v) is 5.10. The number of fused-ring (bicyclic) bond motifs is 1. The summed E-state index contributed by atoms with van der Waals surface area (Å²) < 4.78 is 4.90. The highest BCUT2D eigenvalue weighted by molar-refractivity contribution is 5.79. The van der Waals surface area contributed by atoms with Crippen LogP contribution in [0.15, 0.2) is 0 Å². The molecule has 2 rings (SSSR count). The van der Waals surface area contributed by atoms with Crippen molar-refractivity contribution in [2.45, 2.75) is 0 Å². The molecule has 6 heteroatoms. The van der Waals surface area contributed by atoms with Crippen LogP contribution in [0.3, 0.4) is 0 Å². The smallest absolute Gasteiger partial charge is 0.317 e. The van der Waals surface area contributed by atoms with Crippen LogP contribution in [-0.4, -0.2) is 73.7 Å². The van der Waals surface area contributed by atoms with Gasteiger partial charge in [0.25, 0.3) is 0 Å². The summed E-state index contributed by atoms with van der Waals surface area (Å²) in [4.78, 5) is 26.6. The van der Waals surface area contributed by atoms with E-state index in [-0.39, 0.29) is 18.4 Å². The van der Waals surface area contributed by atoms with E-state index in [1.165, 1.54) is 7.11 Å². The second kappa shape index (κ2) is 4.27. The lowest BCUT2D eigenvalue weighted by Crippen LogP contribution is -2.42. The Morgan fingerprint density at radius 2 is 2.12 bits per heavy atom. The fourth-order valence-electron chi connectivity index (χ4n) is 3.22. The highest BCUT2D eigenvalue weighted by atomic mass is 16.5. The molecule has 0 spiro atoms. The Morgan fingerprint density at radius 3 is 2.71 bits per heavy atom. The van der Waals surface area contributed by atoms with Crippen LogP contribution in [0.5, 0.6) is 0 Å². The van der Waals surface area contributed by atoms with Gasteiger partial charge in [-0.05, 0) is 7.05 Å². The standard InChI is InChI=1S/C11H18N2O4/c1-12-3-8-4-13(5-9(14)15)7-11(8,6-12)10(16)17-2/h8H,3-7H2,1-2H3,(H,14,15)/t8-,11-/m1/s1. The van der Waals surface area contributed by atoms with E-state index >= 15 is 0 Å². The van der Waals surface area contributed by atoms with Crippen LogP contribution in [0, 0.1) is 11.3 Å². The Labute approximate surface area is 100 Å². The predicted octanol–water partition coefficient (Wildman–Crippen LogP) is -0.892. The van der Waals surface area contributed by atoms with Gasteiger partial charge in [0.05, 0.1) is 19.1 Å². The van der Waals surface area contributed by atoms with E-state index in [9.17, 15) is 9.59 Å². The molecule has 96 valence electrons. The summed E-state index contributed by atoms with van der Waals surface area (Å²) in [6.07, 6.45) is 0. The molecule has 17 heavy (non-hydrogen) atoms. The molecule has 2 aliphatic rings. The fourth-order valence-corrected chi connectivity index (χ4v) is 3.22. The van der Waals surface area contributed by atoms with Gasteiger partial charge in [0.15, 0.2) is 0 Å². The zero-order valence-electron chi connectivity index (χ0n) is 10.2. The van der Waals surface area contributed by atoms with Gasteiger partial charge in [-0.2, -0.15) is 0 Å². The van der Waals surface area contributed by atoms with Crippen LogP contribution in [0.25, 0.3) is 0 Å². The normalized spacial score (nSPS) is 33.6. The summed E-state index contributed by atoms with van der Waals surface area (Å²) in [5.41, 5.74) is -0.529. The zero-order chi connectivity index (χ0) is 12.6. The number of carbonyl (C=O) groups excluding carboxylic acids is 1. The zero-order valence-corrected chi connectivity index (χ0v) is 10.2. The minimum Gasteiger partial charge on any atom is -0.480 e. The van der Waals surface area contributed by atoms with Gasteiger partial charge in [0, 0.05) is 32.1 Å². The molecule has 2 aliphatic heterocycles. The number of rotatable bonds is 3. The van der Waals surface area contributed by atoms with Gasteiger partial charge in [-0.15, -0.1) is 0 Å². The van der Waals surface area contributed by atoms with Crippen molar-refractivity contribution in [1.82, 2.24) is 9.80 Å². The predicted molar refractivity (Wildman–Crippen MR) is 59.5 cm³/mol.